The van der Waals surface area contributed by atoms with E-state index in [9.17, 15) is 4.79 Å². The highest BCUT2D eigenvalue weighted by Crippen LogP contribution is 2.34. The van der Waals surface area contributed by atoms with Gasteiger partial charge in [0, 0.05) is 0 Å². The average molecular weight is 190 g/mol. The number of rotatable bonds is 3. The molecule has 1 atom stereocenters. The molecule has 14 heavy (non-hydrogen) atoms. The summed E-state index contributed by atoms with van der Waals surface area (Å²) >= 11 is 0. The first kappa shape index (κ1) is 8.81. The van der Waals surface area contributed by atoms with Crippen LogP contribution in [0.15, 0.2) is 30.9 Å². The average Bonchev–Trinajstić information content (AvgIpc) is 2.60. The molecular weight excluding hydrogens is 180 g/mol. The molecule has 1 aliphatic rings. The zero-order valence-corrected chi connectivity index (χ0v) is 7.60. The number of ether oxygens (including phenoxy) is 2. The highest BCUT2D eigenvalue weighted by molar-refractivity contribution is 5.59. The smallest absolute Gasteiger partial charge is 0.297 e. The molecule has 0 fully saturated rings. The maximum atomic E-state index is 10.4. The molecular formula is C11H10O3. The van der Waals surface area contributed by atoms with Crippen molar-refractivity contribution in [2.24, 2.45) is 0 Å². The maximum absolute atomic E-state index is 10.4. The Hall–Kier alpha value is -1.77. The first-order chi connectivity index (χ1) is 6.83. The number of benzene rings is 1. The van der Waals surface area contributed by atoms with E-state index in [1.807, 2.05) is 18.2 Å². The van der Waals surface area contributed by atoms with Crippen molar-refractivity contribution in [2.75, 3.05) is 0 Å². The number of hydrogen-bond acceptors (Lipinski definition) is 3. The van der Waals surface area contributed by atoms with E-state index in [1.54, 1.807) is 6.07 Å². The molecule has 0 N–H and O–H groups in total. The lowest BCUT2D eigenvalue weighted by Crippen LogP contribution is -2.18. The summed E-state index contributed by atoms with van der Waals surface area (Å²) in [6, 6.07) is 5.59. The Balaban J connectivity index is 2.25. The van der Waals surface area contributed by atoms with Crippen molar-refractivity contribution < 1.29 is 14.3 Å². The van der Waals surface area contributed by atoms with E-state index in [2.05, 4.69) is 6.58 Å². The van der Waals surface area contributed by atoms with Gasteiger partial charge < -0.3 is 9.47 Å². The van der Waals surface area contributed by atoms with E-state index >= 15 is 0 Å². The standard InChI is InChI=1S/C11H10O3/c1-2-3-8-4-5-9-10(6-8)14-11(7-12)13-9/h2,4-7,11H,1,3H2. The Kier molecular flexibility index (Phi) is 2.23. The minimum atomic E-state index is -0.788. The second-order valence-corrected chi connectivity index (χ2v) is 3.01. The molecule has 1 heterocycles. The SMILES string of the molecule is C=CCc1ccc2c(c1)OC(C=O)O2. The molecule has 3 nitrogen and oxygen atoms in total. The molecule has 1 aliphatic heterocycles. The molecule has 2 rings (SSSR count). The maximum Gasteiger partial charge on any atom is 0.297 e. The summed E-state index contributed by atoms with van der Waals surface area (Å²) in [6.45, 7) is 3.65. The third-order valence-corrected chi connectivity index (χ3v) is 1.99. The lowest BCUT2D eigenvalue weighted by Gasteiger charge is -1.99. The van der Waals surface area contributed by atoms with Gasteiger partial charge in [-0.2, -0.15) is 0 Å². The predicted molar refractivity (Wildman–Crippen MR) is 51.5 cm³/mol. The summed E-state index contributed by atoms with van der Waals surface area (Å²) in [4.78, 5) is 10.4. The van der Waals surface area contributed by atoms with Gasteiger partial charge >= 0.3 is 0 Å². The Bertz CT molecular complexity index is 371. The second-order valence-electron chi connectivity index (χ2n) is 3.01. The monoisotopic (exact) mass is 190 g/mol. The van der Waals surface area contributed by atoms with E-state index in [0.717, 1.165) is 12.0 Å². The molecule has 0 aliphatic carbocycles. The minimum absolute atomic E-state index is 0.620. The lowest BCUT2D eigenvalue weighted by molar-refractivity contribution is -0.121. The highest BCUT2D eigenvalue weighted by Gasteiger charge is 2.23. The van der Waals surface area contributed by atoms with Crippen LogP contribution in [0.25, 0.3) is 0 Å². The van der Waals surface area contributed by atoms with Crippen LogP contribution in [0.3, 0.4) is 0 Å². The van der Waals surface area contributed by atoms with Crippen molar-refractivity contribution in [3.63, 3.8) is 0 Å². The zero-order chi connectivity index (χ0) is 9.97. The van der Waals surface area contributed by atoms with Crippen LogP contribution in [0.1, 0.15) is 5.56 Å². The van der Waals surface area contributed by atoms with Crippen molar-refractivity contribution in [2.45, 2.75) is 12.7 Å². The molecule has 0 saturated heterocycles. The van der Waals surface area contributed by atoms with Crippen LogP contribution >= 0.6 is 0 Å². The third kappa shape index (κ3) is 1.48. The van der Waals surface area contributed by atoms with Gasteiger partial charge in [-0.15, -0.1) is 6.58 Å². The Morgan fingerprint density at radius 2 is 2.14 bits per heavy atom. The van der Waals surface area contributed by atoms with Gasteiger partial charge in [0.05, 0.1) is 0 Å². The normalized spacial score (nSPS) is 17.9. The molecule has 1 aromatic carbocycles. The number of hydrogen-bond donors (Lipinski definition) is 0. The molecule has 1 unspecified atom stereocenters. The number of carbonyl (C=O) groups excluding carboxylic acids is 1. The highest BCUT2D eigenvalue weighted by atomic mass is 16.7. The van der Waals surface area contributed by atoms with Crippen LogP contribution in [0, 0.1) is 0 Å². The van der Waals surface area contributed by atoms with Gasteiger partial charge in [-0.1, -0.05) is 12.1 Å². The predicted octanol–water partition coefficient (Wildman–Crippen LogP) is 1.71. The molecule has 0 radical (unpaired) electrons. The van der Waals surface area contributed by atoms with Crippen LogP contribution in [-0.2, 0) is 11.2 Å². The third-order valence-electron chi connectivity index (χ3n) is 1.99. The quantitative estimate of drug-likeness (QED) is 0.537. The molecule has 1 aromatic rings. The van der Waals surface area contributed by atoms with Gasteiger partial charge in [0.2, 0.25) is 6.29 Å². The zero-order valence-electron chi connectivity index (χ0n) is 7.60. The fraction of sp³-hybridized carbons (Fsp3) is 0.182. The second kappa shape index (κ2) is 3.54. The first-order valence-corrected chi connectivity index (χ1v) is 4.36. The summed E-state index contributed by atoms with van der Waals surface area (Å²) in [7, 11) is 0. The molecule has 3 heteroatoms. The Morgan fingerprint density at radius 1 is 1.36 bits per heavy atom. The van der Waals surface area contributed by atoms with Crippen LogP contribution in [0.5, 0.6) is 11.5 Å². The molecule has 0 saturated carbocycles. The fourth-order valence-electron chi connectivity index (χ4n) is 1.37. The van der Waals surface area contributed by atoms with Crippen molar-refractivity contribution in [3.05, 3.63) is 36.4 Å². The molecule has 0 amide bonds. The van der Waals surface area contributed by atoms with Crippen molar-refractivity contribution in [1.82, 2.24) is 0 Å². The van der Waals surface area contributed by atoms with Gasteiger partial charge in [0.1, 0.15) is 0 Å². The van der Waals surface area contributed by atoms with E-state index in [4.69, 9.17) is 9.47 Å². The van der Waals surface area contributed by atoms with Gasteiger partial charge in [0.15, 0.2) is 11.5 Å². The van der Waals surface area contributed by atoms with Gasteiger partial charge in [0.25, 0.3) is 6.29 Å². The number of fused-ring (bicyclic) bond motifs is 1. The Labute approximate surface area is 81.9 Å². The Morgan fingerprint density at radius 3 is 2.86 bits per heavy atom. The van der Waals surface area contributed by atoms with E-state index in [1.165, 1.54) is 0 Å². The lowest BCUT2D eigenvalue weighted by atomic mass is 10.1. The molecule has 0 aromatic heterocycles. The first-order valence-electron chi connectivity index (χ1n) is 4.36. The van der Waals surface area contributed by atoms with E-state index in [-0.39, 0.29) is 0 Å². The van der Waals surface area contributed by atoms with Crippen molar-refractivity contribution >= 4 is 6.29 Å². The fourth-order valence-corrected chi connectivity index (χ4v) is 1.37. The largest absolute Gasteiger partial charge is 0.444 e. The topological polar surface area (TPSA) is 35.5 Å². The summed E-state index contributed by atoms with van der Waals surface area (Å²) in [5, 5.41) is 0. The van der Waals surface area contributed by atoms with Gasteiger partial charge in [-0.25, -0.2) is 0 Å². The summed E-state index contributed by atoms with van der Waals surface area (Å²) < 4.78 is 10.4. The van der Waals surface area contributed by atoms with Gasteiger partial charge in [-0.3, -0.25) is 4.79 Å². The van der Waals surface area contributed by atoms with Crippen LogP contribution in [-0.4, -0.2) is 12.6 Å². The summed E-state index contributed by atoms with van der Waals surface area (Å²) in [6.07, 6.45) is 2.44. The van der Waals surface area contributed by atoms with Crippen LogP contribution in [0.4, 0.5) is 0 Å². The van der Waals surface area contributed by atoms with E-state index in [0.29, 0.717) is 17.8 Å². The molecule has 72 valence electrons. The summed E-state index contributed by atoms with van der Waals surface area (Å²) in [5.41, 5.74) is 1.09. The van der Waals surface area contributed by atoms with Gasteiger partial charge in [-0.05, 0) is 24.1 Å². The molecule has 0 spiro atoms. The number of allylic oxidation sites excluding steroid dienone is 1. The van der Waals surface area contributed by atoms with Crippen LogP contribution in [0.2, 0.25) is 0 Å². The molecule has 0 bridgehead atoms. The van der Waals surface area contributed by atoms with Crippen molar-refractivity contribution in [1.29, 1.82) is 0 Å². The van der Waals surface area contributed by atoms with Crippen LogP contribution < -0.4 is 9.47 Å². The summed E-state index contributed by atoms with van der Waals surface area (Å²) in [5.74, 6) is 1.25. The van der Waals surface area contributed by atoms with E-state index < -0.39 is 6.29 Å². The number of carbonyl (C=O) groups is 1. The minimum Gasteiger partial charge on any atom is -0.444 e. The number of aldehydes is 1. The van der Waals surface area contributed by atoms with Crippen molar-refractivity contribution in [3.8, 4) is 11.5 Å².